The summed E-state index contributed by atoms with van der Waals surface area (Å²) in [7, 11) is 0. The molecule has 0 aliphatic carbocycles. The molecule has 0 aromatic rings. The van der Waals surface area contributed by atoms with E-state index in [0.717, 1.165) is 0 Å². The molecular formula is C15H27NO5. The molecule has 0 radical (unpaired) electrons. The van der Waals surface area contributed by atoms with Gasteiger partial charge in [0.2, 0.25) is 0 Å². The number of aliphatic carboxylic acids is 1. The highest BCUT2D eigenvalue weighted by molar-refractivity contribution is 5.77. The maximum Gasteiger partial charge on any atom is 0.323 e. The predicted molar refractivity (Wildman–Crippen MR) is 79.9 cm³/mol. The summed E-state index contributed by atoms with van der Waals surface area (Å²) in [6.07, 6.45) is 3.17. The van der Waals surface area contributed by atoms with E-state index in [-0.39, 0.29) is 12.5 Å². The molecule has 0 rings (SSSR count). The van der Waals surface area contributed by atoms with Gasteiger partial charge in [0.1, 0.15) is 11.6 Å². The third-order valence-electron chi connectivity index (χ3n) is 2.82. The Morgan fingerprint density at radius 1 is 1.33 bits per heavy atom. The van der Waals surface area contributed by atoms with Gasteiger partial charge in [-0.05, 0) is 40.0 Å². The summed E-state index contributed by atoms with van der Waals surface area (Å²) < 4.78 is 5.09. The molecule has 0 bridgehead atoms. The molecule has 6 heteroatoms. The molecule has 3 atom stereocenters. The summed E-state index contributed by atoms with van der Waals surface area (Å²) >= 11 is 0. The zero-order chi connectivity index (χ0) is 16.6. The molecule has 0 aromatic heterocycles. The number of nitrogens with one attached hydrogen (secondary N) is 1. The lowest BCUT2D eigenvalue weighted by Gasteiger charge is -2.25. The number of hydrogen-bond donors (Lipinski definition) is 3. The van der Waals surface area contributed by atoms with E-state index in [0.29, 0.717) is 6.42 Å². The molecule has 0 heterocycles. The summed E-state index contributed by atoms with van der Waals surface area (Å²) in [6, 6.07) is -1.21. The van der Waals surface area contributed by atoms with E-state index in [4.69, 9.17) is 4.74 Å². The minimum atomic E-state index is -1.21. The van der Waals surface area contributed by atoms with Crippen LogP contribution in [-0.2, 0) is 14.3 Å². The quantitative estimate of drug-likeness (QED) is 0.462. The van der Waals surface area contributed by atoms with Crippen LogP contribution >= 0.6 is 0 Å². The van der Waals surface area contributed by atoms with Gasteiger partial charge in [0.05, 0.1) is 12.6 Å². The van der Waals surface area contributed by atoms with Gasteiger partial charge in [0.15, 0.2) is 0 Å². The molecule has 21 heavy (non-hydrogen) atoms. The predicted octanol–water partition coefficient (Wildman–Crippen LogP) is 1.33. The summed E-state index contributed by atoms with van der Waals surface area (Å²) in [4.78, 5) is 22.8. The SMILES string of the molecule is CC=CC[C@H](C)[C@H](O)[C@@H](NCC(=O)OC(C)(C)C)C(=O)O. The van der Waals surface area contributed by atoms with Gasteiger partial charge in [-0.15, -0.1) is 0 Å². The van der Waals surface area contributed by atoms with Gasteiger partial charge in [-0.2, -0.15) is 0 Å². The van der Waals surface area contributed by atoms with Gasteiger partial charge in [-0.1, -0.05) is 19.1 Å². The standard InChI is InChI=1S/C15H27NO5/c1-6-7-8-10(2)13(18)12(14(19)20)16-9-11(17)21-15(3,4)5/h6-7,10,12-13,16,18H,8-9H2,1-5H3,(H,19,20)/t10-,12+,13-/m0/s1. The average molecular weight is 301 g/mol. The van der Waals surface area contributed by atoms with Crippen LogP contribution < -0.4 is 5.32 Å². The Morgan fingerprint density at radius 2 is 1.90 bits per heavy atom. The first-order valence-electron chi connectivity index (χ1n) is 7.05. The molecule has 0 spiro atoms. The van der Waals surface area contributed by atoms with Crippen LogP contribution in [0.2, 0.25) is 0 Å². The van der Waals surface area contributed by atoms with Crippen LogP contribution in [0.5, 0.6) is 0 Å². The van der Waals surface area contributed by atoms with E-state index in [1.54, 1.807) is 27.7 Å². The lowest BCUT2D eigenvalue weighted by molar-refractivity contribution is -0.154. The number of carboxylic acids is 1. The van der Waals surface area contributed by atoms with Crippen LogP contribution in [0, 0.1) is 5.92 Å². The van der Waals surface area contributed by atoms with E-state index in [1.165, 1.54) is 0 Å². The van der Waals surface area contributed by atoms with E-state index < -0.39 is 29.7 Å². The molecule has 0 aromatic carbocycles. The van der Waals surface area contributed by atoms with Gasteiger partial charge in [-0.25, -0.2) is 0 Å². The molecule has 0 saturated carbocycles. The van der Waals surface area contributed by atoms with E-state index in [2.05, 4.69) is 5.32 Å². The van der Waals surface area contributed by atoms with Crippen LogP contribution in [0.15, 0.2) is 12.2 Å². The smallest absolute Gasteiger partial charge is 0.323 e. The van der Waals surface area contributed by atoms with Crippen LogP contribution in [0.1, 0.15) is 41.0 Å². The van der Waals surface area contributed by atoms with E-state index >= 15 is 0 Å². The van der Waals surface area contributed by atoms with E-state index in [1.807, 2.05) is 19.1 Å². The summed E-state index contributed by atoms with van der Waals surface area (Å²) in [5, 5.41) is 21.8. The van der Waals surface area contributed by atoms with Crippen molar-refractivity contribution in [1.82, 2.24) is 5.32 Å². The molecular weight excluding hydrogens is 274 g/mol. The molecule has 0 aliphatic heterocycles. The maximum atomic E-state index is 11.6. The number of carbonyl (C=O) groups excluding carboxylic acids is 1. The van der Waals surface area contributed by atoms with Crippen molar-refractivity contribution in [2.24, 2.45) is 5.92 Å². The molecule has 0 saturated heterocycles. The Hall–Kier alpha value is -1.40. The monoisotopic (exact) mass is 301 g/mol. The minimum Gasteiger partial charge on any atom is -0.480 e. The van der Waals surface area contributed by atoms with Gasteiger partial charge in [0, 0.05) is 0 Å². The number of allylic oxidation sites excluding steroid dienone is 2. The highest BCUT2D eigenvalue weighted by atomic mass is 16.6. The molecule has 3 N–H and O–H groups in total. The van der Waals surface area contributed by atoms with Crippen molar-refractivity contribution in [1.29, 1.82) is 0 Å². The molecule has 122 valence electrons. The zero-order valence-electron chi connectivity index (χ0n) is 13.4. The van der Waals surface area contributed by atoms with Crippen molar-refractivity contribution < 1.29 is 24.5 Å². The van der Waals surface area contributed by atoms with Crippen LogP contribution in [-0.4, -0.2) is 46.4 Å². The lowest BCUT2D eigenvalue weighted by atomic mass is 9.94. The molecule has 0 amide bonds. The fourth-order valence-electron chi connectivity index (χ4n) is 1.74. The minimum absolute atomic E-state index is 0.242. The zero-order valence-corrected chi connectivity index (χ0v) is 13.4. The molecule has 0 unspecified atom stereocenters. The Labute approximate surface area is 126 Å². The lowest BCUT2D eigenvalue weighted by Crippen LogP contribution is -2.50. The van der Waals surface area contributed by atoms with Crippen molar-refractivity contribution in [3.63, 3.8) is 0 Å². The molecule has 0 fully saturated rings. The highest BCUT2D eigenvalue weighted by Crippen LogP contribution is 2.13. The van der Waals surface area contributed by atoms with Crippen molar-refractivity contribution in [2.45, 2.75) is 58.8 Å². The summed E-state index contributed by atoms with van der Waals surface area (Å²) in [5.41, 5.74) is -0.630. The van der Waals surface area contributed by atoms with Crippen LogP contribution in [0.25, 0.3) is 0 Å². The summed E-state index contributed by atoms with van der Waals surface area (Å²) in [6.45, 7) is 8.54. The number of esters is 1. The van der Waals surface area contributed by atoms with E-state index in [9.17, 15) is 19.8 Å². The van der Waals surface area contributed by atoms with Gasteiger partial charge in [-0.3, -0.25) is 14.9 Å². The number of rotatable bonds is 8. The number of carboxylic acid groups (broad SMARTS) is 1. The Morgan fingerprint density at radius 3 is 2.33 bits per heavy atom. The second-order valence-electron chi connectivity index (χ2n) is 6.06. The normalized spacial score (nSPS) is 16.5. The van der Waals surface area contributed by atoms with Crippen molar-refractivity contribution in [2.75, 3.05) is 6.54 Å². The largest absolute Gasteiger partial charge is 0.480 e. The van der Waals surface area contributed by atoms with Crippen molar-refractivity contribution in [3.8, 4) is 0 Å². The fraction of sp³-hybridized carbons (Fsp3) is 0.733. The van der Waals surface area contributed by atoms with Gasteiger partial charge in [0.25, 0.3) is 0 Å². The Kier molecular flexibility index (Phi) is 8.21. The Balaban J connectivity index is 4.56. The number of ether oxygens (including phenoxy) is 1. The van der Waals surface area contributed by atoms with Crippen molar-refractivity contribution >= 4 is 11.9 Å². The summed E-state index contributed by atoms with van der Waals surface area (Å²) in [5.74, 6) is -1.99. The maximum absolute atomic E-state index is 11.6. The Bertz CT molecular complexity index is 373. The molecule has 6 nitrogen and oxygen atoms in total. The van der Waals surface area contributed by atoms with Gasteiger partial charge >= 0.3 is 11.9 Å². The van der Waals surface area contributed by atoms with Gasteiger partial charge < -0.3 is 14.9 Å². The first kappa shape index (κ1) is 19.6. The number of hydrogen-bond acceptors (Lipinski definition) is 5. The topological polar surface area (TPSA) is 95.9 Å². The number of carbonyl (C=O) groups is 2. The third kappa shape index (κ3) is 8.47. The second kappa shape index (κ2) is 8.79. The van der Waals surface area contributed by atoms with Crippen LogP contribution in [0.3, 0.4) is 0 Å². The fourth-order valence-corrected chi connectivity index (χ4v) is 1.74. The first-order valence-corrected chi connectivity index (χ1v) is 7.05. The number of aliphatic hydroxyl groups is 1. The molecule has 0 aliphatic rings. The average Bonchev–Trinajstić information content (AvgIpc) is 2.33. The first-order chi connectivity index (χ1) is 9.58. The second-order valence-corrected chi connectivity index (χ2v) is 6.06. The van der Waals surface area contributed by atoms with Crippen LogP contribution in [0.4, 0.5) is 0 Å². The highest BCUT2D eigenvalue weighted by Gasteiger charge is 2.30. The third-order valence-corrected chi connectivity index (χ3v) is 2.82. The number of aliphatic hydroxyl groups excluding tert-OH is 1. The van der Waals surface area contributed by atoms with Crippen molar-refractivity contribution in [3.05, 3.63) is 12.2 Å².